The van der Waals surface area contributed by atoms with Crippen molar-refractivity contribution in [1.29, 1.82) is 0 Å². The van der Waals surface area contributed by atoms with Gasteiger partial charge in [0.05, 0.1) is 23.6 Å². The monoisotopic (exact) mass is 409 g/mol. The molecule has 2 aromatic rings. The Labute approximate surface area is 175 Å². The van der Waals surface area contributed by atoms with Gasteiger partial charge in [-0.3, -0.25) is 19.3 Å². The summed E-state index contributed by atoms with van der Waals surface area (Å²) in [7, 11) is 1.76. The van der Waals surface area contributed by atoms with Gasteiger partial charge in [-0.25, -0.2) is 9.67 Å². The normalized spacial score (nSPS) is 22.1. The Morgan fingerprint density at radius 1 is 1.13 bits per heavy atom. The maximum atomic E-state index is 12.8. The molecular formula is C22H27N5O3. The average Bonchev–Trinajstić information content (AvgIpc) is 3.40. The summed E-state index contributed by atoms with van der Waals surface area (Å²) in [4.78, 5) is 44.9. The number of fused-ring (bicyclic) bond motifs is 1. The van der Waals surface area contributed by atoms with Crippen LogP contribution in [0.1, 0.15) is 50.6 Å². The summed E-state index contributed by atoms with van der Waals surface area (Å²) in [6.07, 6.45) is 6.85. The number of hydrogen-bond donors (Lipinski definition) is 0. The molecule has 1 saturated heterocycles. The van der Waals surface area contributed by atoms with Crippen LogP contribution in [0, 0.1) is 11.8 Å². The van der Waals surface area contributed by atoms with Gasteiger partial charge in [0.15, 0.2) is 0 Å². The second kappa shape index (κ2) is 8.38. The van der Waals surface area contributed by atoms with E-state index in [2.05, 4.69) is 10.1 Å². The number of carbonyl (C=O) groups is 3. The second-order valence-electron chi connectivity index (χ2n) is 8.19. The van der Waals surface area contributed by atoms with Crippen LogP contribution in [0.5, 0.6) is 0 Å². The van der Waals surface area contributed by atoms with Gasteiger partial charge in [-0.05, 0) is 37.5 Å². The van der Waals surface area contributed by atoms with E-state index < -0.39 is 0 Å². The number of amides is 3. The Morgan fingerprint density at radius 3 is 2.33 bits per heavy atom. The van der Waals surface area contributed by atoms with E-state index in [1.54, 1.807) is 23.0 Å². The number of likely N-dealkylation sites (tertiary alicyclic amines) is 1. The van der Waals surface area contributed by atoms with E-state index in [4.69, 9.17) is 0 Å². The lowest BCUT2D eigenvalue weighted by molar-refractivity contribution is -0.141. The number of carbonyl (C=O) groups excluding carboxylic acids is 3. The SMILES string of the molecule is C[C@@H](c1ccc(-n2cncn2)cc1)N(C)C(=O)CCN1C(=O)[C@H]2CCCC[C@@H]2C1=O. The van der Waals surface area contributed by atoms with Crippen LogP contribution in [-0.2, 0) is 14.4 Å². The van der Waals surface area contributed by atoms with E-state index in [-0.39, 0.29) is 48.6 Å². The Morgan fingerprint density at radius 2 is 1.77 bits per heavy atom. The predicted molar refractivity (Wildman–Crippen MR) is 109 cm³/mol. The highest BCUT2D eigenvalue weighted by Crippen LogP contribution is 2.38. The standard InChI is InChI=1S/C22H27N5O3/c1-15(16-7-9-17(10-8-16)27-14-23-13-24-27)25(2)20(28)11-12-26-21(29)18-5-3-4-6-19(18)22(26)30/h7-10,13-15,18-19H,3-6,11-12H2,1-2H3/t15-,18-,19-/m0/s1. The predicted octanol–water partition coefficient (Wildman–Crippen LogP) is 2.35. The smallest absolute Gasteiger partial charge is 0.233 e. The largest absolute Gasteiger partial charge is 0.339 e. The zero-order valence-electron chi connectivity index (χ0n) is 17.4. The number of nitrogens with zero attached hydrogens (tertiary/aromatic N) is 5. The molecule has 8 heteroatoms. The second-order valence-corrected chi connectivity index (χ2v) is 8.19. The number of rotatable bonds is 6. The van der Waals surface area contributed by atoms with Crippen molar-refractivity contribution in [3.05, 3.63) is 42.5 Å². The zero-order valence-corrected chi connectivity index (χ0v) is 17.4. The maximum absolute atomic E-state index is 12.8. The Bertz CT molecular complexity index is 901. The number of hydrogen-bond acceptors (Lipinski definition) is 5. The van der Waals surface area contributed by atoms with E-state index in [9.17, 15) is 14.4 Å². The lowest BCUT2D eigenvalue weighted by Crippen LogP contribution is -2.36. The quantitative estimate of drug-likeness (QED) is 0.684. The molecule has 3 amide bonds. The summed E-state index contributed by atoms with van der Waals surface area (Å²) in [6.45, 7) is 2.13. The number of benzene rings is 1. The molecular weight excluding hydrogens is 382 g/mol. The van der Waals surface area contributed by atoms with Gasteiger partial charge in [0.1, 0.15) is 12.7 Å². The minimum Gasteiger partial charge on any atom is -0.339 e. The molecule has 1 aliphatic carbocycles. The van der Waals surface area contributed by atoms with Crippen LogP contribution in [-0.4, -0.2) is 55.9 Å². The fraction of sp³-hybridized carbons (Fsp3) is 0.500. The summed E-state index contributed by atoms with van der Waals surface area (Å²) in [6, 6.07) is 7.66. The molecule has 1 saturated carbocycles. The van der Waals surface area contributed by atoms with Crippen LogP contribution in [0.3, 0.4) is 0 Å². The summed E-state index contributed by atoms with van der Waals surface area (Å²) in [5.74, 6) is -0.588. The molecule has 2 aliphatic rings. The molecule has 0 N–H and O–H groups in total. The molecule has 158 valence electrons. The van der Waals surface area contributed by atoms with E-state index in [0.717, 1.165) is 36.9 Å². The topological polar surface area (TPSA) is 88.4 Å². The van der Waals surface area contributed by atoms with Crippen molar-refractivity contribution >= 4 is 17.7 Å². The molecule has 1 aliphatic heterocycles. The van der Waals surface area contributed by atoms with E-state index in [1.807, 2.05) is 31.2 Å². The van der Waals surface area contributed by atoms with Crippen molar-refractivity contribution in [1.82, 2.24) is 24.6 Å². The van der Waals surface area contributed by atoms with Gasteiger partial charge in [0.25, 0.3) is 0 Å². The number of imide groups is 1. The van der Waals surface area contributed by atoms with Crippen LogP contribution < -0.4 is 0 Å². The molecule has 2 heterocycles. The third-order valence-electron chi connectivity index (χ3n) is 6.51. The van der Waals surface area contributed by atoms with Crippen LogP contribution in [0.15, 0.2) is 36.9 Å². The van der Waals surface area contributed by atoms with Gasteiger partial charge in [0.2, 0.25) is 17.7 Å². The minimum atomic E-state index is -0.165. The highest BCUT2D eigenvalue weighted by Gasteiger charge is 2.47. The average molecular weight is 409 g/mol. The third kappa shape index (κ3) is 3.74. The van der Waals surface area contributed by atoms with Crippen LogP contribution in [0.25, 0.3) is 5.69 Å². The van der Waals surface area contributed by atoms with Gasteiger partial charge in [-0.2, -0.15) is 5.10 Å². The molecule has 8 nitrogen and oxygen atoms in total. The van der Waals surface area contributed by atoms with Crippen LogP contribution in [0.2, 0.25) is 0 Å². The van der Waals surface area contributed by atoms with E-state index in [0.29, 0.717) is 0 Å². The van der Waals surface area contributed by atoms with Gasteiger partial charge in [-0.1, -0.05) is 25.0 Å². The molecule has 0 radical (unpaired) electrons. The number of aromatic nitrogens is 3. The summed E-state index contributed by atoms with van der Waals surface area (Å²) < 4.78 is 1.67. The first-order valence-electron chi connectivity index (χ1n) is 10.5. The van der Waals surface area contributed by atoms with Crippen molar-refractivity contribution in [2.75, 3.05) is 13.6 Å². The van der Waals surface area contributed by atoms with Crippen molar-refractivity contribution in [2.24, 2.45) is 11.8 Å². The van der Waals surface area contributed by atoms with Crippen molar-refractivity contribution < 1.29 is 14.4 Å². The van der Waals surface area contributed by atoms with E-state index >= 15 is 0 Å². The lowest BCUT2D eigenvalue weighted by atomic mass is 9.81. The Hall–Kier alpha value is -3.03. The molecule has 0 unspecified atom stereocenters. The minimum absolute atomic E-state index is 0.0849. The fourth-order valence-corrected chi connectivity index (χ4v) is 4.52. The van der Waals surface area contributed by atoms with Gasteiger partial charge in [-0.15, -0.1) is 0 Å². The molecule has 3 atom stereocenters. The lowest BCUT2D eigenvalue weighted by Gasteiger charge is -2.26. The van der Waals surface area contributed by atoms with Gasteiger partial charge >= 0.3 is 0 Å². The molecule has 0 bridgehead atoms. The molecule has 2 fully saturated rings. The van der Waals surface area contributed by atoms with Crippen molar-refractivity contribution in [2.45, 2.75) is 45.1 Å². The molecule has 0 spiro atoms. The highest BCUT2D eigenvalue weighted by molar-refractivity contribution is 6.05. The summed E-state index contributed by atoms with van der Waals surface area (Å²) in [5.41, 5.74) is 1.89. The summed E-state index contributed by atoms with van der Waals surface area (Å²) >= 11 is 0. The first kappa shape index (κ1) is 20.3. The van der Waals surface area contributed by atoms with Crippen LogP contribution in [0.4, 0.5) is 0 Å². The molecule has 1 aromatic carbocycles. The molecule has 30 heavy (non-hydrogen) atoms. The van der Waals surface area contributed by atoms with Gasteiger partial charge < -0.3 is 4.90 Å². The fourth-order valence-electron chi connectivity index (χ4n) is 4.52. The van der Waals surface area contributed by atoms with Crippen molar-refractivity contribution in [3.8, 4) is 5.69 Å². The third-order valence-corrected chi connectivity index (χ3v) is 6.51. The first-order chi connectivity index (χ1) is 14.5. The first-order valence-corrected chi connectivity index (χ1v) is 10.5. The molecule has 1 aromatic heterocycles. The Kier molecular flexibility index (Phi) is 5.65. The molecule has 4 rings (SSSR count). The van der Waals surface area contributed by atoms with E-state index in [1.165, 1.54) is 11.2 Å². The van der Waals surface area contributed by atoms with Gasteiger partial charge in [0, 0.05) is 20.0 Å². The Balaban J connectivity index is 1.35. The highest BCUT2D eigenvalue weighted by atomic mass is 16.2. The maximum Gasteiger partial charge on any atom is 0.233 e. The van der Waals surface area contributed by atoms with Crippen molar-refractivity contribution in [3.63, 3.8) is 0 Å². The van der Waals surface area contributed by atoms with Crippen LogP contribution >= 0.6 is 0 Å². The zero-order chi connectivity index (χ0) is 21.3. The summed E-state index contributed by atoms with van der Waals surface area (Å²) in [5, 5.41) is 4.11.